The maximum Gasteiger partial charge on any atom is 0.404 e. The molecule has 3 rings (SSSR count). The molecule has 22 heavy (non-hydrogen) atoms. The monoisotopic (exact) mass is 364 g/mol. The minimum Gasteiger partial charge on any atom is -0.465 e. The molecule has 6 nitrogen and oxygen atoms in total. The Morgan fingerprint density at radius 2 is 2.23 bits per heavy atom. The van der Waals surface area contributed by atoms with Crippen LogP contribution in [-0.4, -0.2) is 25.8 Å². The van der Waals surface area contributed by atoms with Gasteiger partial charge >= 0.3 is 6.09 Å². The van der Waals surface area contributed by atoms with Crippen LogP contribution in [0.25, 0.3) is 16.8 Å². The van der Waals surface area contributed by atoms with Crippen LogP contribution in [0.2, 0.25) is 0 Å². The molecule has 3 aromatic rings. The molecule has 0 fully saturated rings. The van der Waals surface area contributed by atoms with Crippen LogP contribution in [0.1, 0.15) is 5.56 Å². The molecule has 1 aromatic carbocycles. The fraction of sp³-hybridized carbons (Fsp3) is 0.0714. The highest BCUT2D eigenvalue weighted by Gasteiger charge is 2.11. The van der Waals surface area contributed by atoms with Crippen molar-refractivity contribution >= 4 is 27.5 Å². The number of amides is 1. The molecule has 0 aliphatic heterocycles. The van der Waals surface area contributed by atoms with Crippen LogP contribution < -0.4 is 5.32 Å². The van der Waals surface area contributed by atoms with E-state index < -0.39 is 11.9 Å². The molecule has 0 spiro atoms. The number of carbonyl (C=O) groups is 1. The number of fused-ring (bicyclic) bond motifs is 1. The topological polar surface area (TPSA) is 79.5 Å². The Labute approximate surface area is 132 Å². The number of hydrogen-bond acceptors (Lipinski definition) is 3. The van der Waals surface area contributed by atoms with E-state index >= 15 is 0 Å². The number of hydrogen-bond donors (Lipinski definition) is 2. The van der Waals surface area contributed by atoms with E-state index in [9.17, 15) is 9.18 Å². The second kappa shape index (κ2) is 5.72. The van der Waals surface area contributed by atoms with Crippen molar-refractivity contribution in [3.63, 3.8) is 0 Å². The van der Waals surface area contributed by atoms with E-state index in [0.717, 1.165) is 9.99 Å². The molecular formula is C14H10BrFN4O2. The van der Waals surface area contributed by atoms with Crippen LogP contribution in [0.5, 0.6) is 0 Å². The van der Waals surface area contributed by atoms with Gasteiger partial charge in [-0.3, -0.25) is 0 Å². The van der Waals surface area contributed by atoms with Crippen LogP contribution in [0.15, 0.2) is 41.3 Å². The summed E-state index contributed by atoms with van der Waals surface area (Å²) < 4.78 is 16.6. The average Bonchev–Trinajstić information content (AvgIpc) is 2.85. The Hall–Kier alpha value is -2.48. The summed E-state index contributed by atoms with van der Waals surface area (Å²) in [5.74, 6) is -0.492. The summed E-state index contributed by atoms with van der Waals surface area (Å²) in [5.41, 5.74) is 2.20. The van der Waals surface area contributed by atoms with Crippen molar-refractivity contribution in [1.29, 1.82) is 0 Å². The summed E-state index contributed by atoms with van der Waals surface area (Å²) in [6.45, 7) is -0.0860. The fourth-order valence-electron chi connectivity index (χ4n) is 2.13. The molecule has 0 bridgehead atoms. The molecule has 8 heteroatoms. The molecule has 0 unspecified atom stereocenters. The molecule has 0 radical (unpaired) electrons. The largest absolute Gasteiger partial charge is 0.465 e. The first-order chi connectivity index (χ1) is 10.5. The molecule has 0 saturated carbocycles. The summed E-state index contributed by atoms with van der Waals surface area (Å²) in [7, 11) is 0. The molecule has 2 heterocycles. The summed E-state index contributed by atoms with van der Waals surface area (Å²) in [6, 6.07) is 6.41. The zero-order valence-electron chi connectivity index (χ0n) is 11.1. The van der Waals surface area contributed by atoms with Gasteiger partial charge in [0.05, 0.1) is 11.2 Å². The highest BCUT2D eigenvalue weighted by molar-refractivity contribution is 9.10. The highest BCUT2D eigenvalue weighted by atomic mass is 79.9. The second-order valence-electron chi connectivity index (χ2n) is 4.56. The number of halogens is 2. The molecule has 0 atom stereocenters. The lowest BCUT2D eigenvalue weighted by Crippen LogP contribution is -2.20. The summed E-state index contributed by atoms with van der Waals surface area (Å²) in [4.78, 5) is 14.7. The quantitative estimate of drug-likeness (QED) is 0.748. The summed E-state index contributed by atoms with van der Waals surface area (Å²) >= 11 is 3.36. The van der Waals surface area contributed by atoms with Gasteiger partial charge in [-0.2, -0.15) is 5.10 Å². The van der Waals surface area contributed by atoms with E-state index in [1.807, 2.05) is 6.07 Å². The predicted octanol–water partition coefficient (Wildman–Crippen LogP) is 3.07. The minimum atomic E-state index is -1.20. The fourth-order valence-corrected chi connectivity index (χ4v) is 2.54. The van der Waals surface area contributed by atoms with Gasteiger partial charge < -0.3 is 10.4 Å². The van der Waals surface area contributed by atoms with Crippen LogP contribution in [0.3, 0.4) is 0 Å². The molecular weight excluding hydrogens is 355 g/mol. The van der Waals surface area contributed by atoms with Gasteiger partial charge in [-0.05, 0) is 28.1 Å². The Morgan fingerprint density at radius 1 is 1.41 bits per heavy atom. The molecule has 2 aromatic heterocycles. The normalized spacial score (nSPS) is 10.8. The number of benzene rings is 1. The van der Waals surface area contributed by atoms with Crippen LogP contribution in [0, 0.1) is 5.82 Å². The van der Waals surface area contributed by atoms with E-state index in [4.69, 9.17) is 5.11 Å². The van der Waals surface area contributed by atoms with E-state index in [1.165, 1.54) is 18.5 Å². The lowest BCUT2D eigenvalue weighted by Gasteiger charge is -2.07. The molecule has 1 amide bonds. The van der Waals surface area contributed by atoms with Crippen molar-refractivity contribution in [2.24, 2.45) is 0 Å². The lowest BCUT2D eigenvalue weighted by atomic mass is 10.1. The number of carboxylic acid groups (broad SMARTS) is 1. The van der Waals surface area contributed by atoms with Gasteiger partial charge in [0, 0.05) is 28.3 Å². The Morgan fingerprint density at radius 3 is 2.95 bits per heavy atom. The lowest BCUT2D eigenvalue weighted by molar-refractivity contribution is 0.194. The van der Waals surface area contributed by atoms with E-state index in [2.05, 4.69) is 31.3 Å². The zero-order valence-corrected chi connectivity index (χ0v) is 12.7. The molecule has 0 saturated heterocycles. The number of nitrogens with zero attached hydrogens (tertiary/aromatic N) is 3. The van der Waals surface area contributed by atoms with Crippen molar-refractivity contribution in [2.45, 2.75) is 6.54 Å². The highest BCUT2D eigenvalue weighted by Crippen LogP contribution is 2.26. The third-order valence-electron chi connectivity index (χ3n) is 3.13. The molecule has 0 aliphatic carbocycles. The average molecular weight is 365 g/mol. The van der Waals surface area contributed by atoms with Gasteiger partial charge in [0.25, 0.3) is 0 Å². The third kappa shape index (κ3) is 2.77. The van der Waals surface area contributed by atoms with Gasteiger partial charge in [-0.1, -0.05) is 12.1 Å². The molecule has 0 aliphatic rings. The Kier molecular flexibility index (Phi) is 3.76. The number of aromatic nitrogens is 3. The van der Waals surface area contributed by atoms with Gasteiger partial charge in [0.1, 0.15) is 12.1 Å². The first-order valence-corrected chi connectivity index (χ1v) is 7.08. The van der Waals surface area contributed by atoms with Crippen LogP contribution >= 0.6 is 15.9 Å². The maximum atomic E-state index is 14.1. The van der Waals surface area contributed by atoms with Crippen molar-refractivity contribution < 1.29 is 14.3 Å². The summed E-state index contributed by atoms with van der Waals surface area (Å²) in [6.07, 6.45) is 1.98. The Bertz CT molecular complexity index is 865. The van der Waals surface area contributed by atoms with Crippen molar-refractivity contribution in [2.75, 3.05) is 0 Å². The van der Waals surface area contributed by atoms with Gasteiger partial charge in [0.15, 0.2) is 0 Å². The first kappa shape index (κ1) is 14.5. The predicted molar refractivity (Wildman–Crippen MR) is 80.9 cm³/mol. The zero-order chi connectivity index (χ0) is 15.7. The Balaban J connectivity index is 2.00. The number of nitrogens with one attached hydrogen (secondary N) is 1. The smallest absolute Gasteiger partial charge is 0.404 e. The van der Waals surface area contributed by atoms with Crippen LogP contribution in [-0.2, 0) is 6.54 Å². The van der Waals surface area contributed by atoms with Crippen LogP contribution in [0.4, 0.5) is 9.18 Å². The van der Waals surface area contributed by atoms with Gasteiger partial charge in [0.2, 0.25) is 0 Å². The van der Waals surface area contributed by atoms with E-state index in [0.29, 0.717) is 11.3 Å². The first-order valence-electron chi connectivity index (χ1n) is 6.29. The van der Waals surface area contributed by atoms with E-state index in [1.54, 1.807) is 16.8 Å². The van der Waals surface area contributed by atoms with Crippen molar-refractivity contribution in [3.8, 4) is 11.3 Å². The van der Waals surface area contributed by atoms with Crippen molar-refractivity contribution in [3.05, 3.63) is 52.6 Å². The van der Waals surface area contributed by atoms with Gasteiger partial charge in [-0.25, -0.2) is 18.7 Å². The number of rotatable bonds is 3. The van der Waals surface area contributed by atoms with E-state index in [-0.39, 0.29) is 12.1 Å². The third-order valence-corrected chi connectivity index (χ3v) is 3.56. The SMILES string of the molecule is O=C(O)NCc1ccc(-c2ncnn3cc(Br)cc23)cc1F. The van der Waals surface area contributed by atoms with Gasteiger partial charge in [-0.15, -0.1) is 0 Å². The summed E-state index contributed by atoms with van der Waals surface area (Å²) in [5, 5.41) is 14.8. The minimum absolute atomic E-state index is 0.0860. The molecule has 2 N–H and O–H groups in total. The second-order valence-corrected chi connectivity index (χ2v) is 5.48. The molecule has 112 valence electrons. The standard InChI is InChI=1S/C14H10BrFN4O2/c15-10-4-12-13(18-7-19-20(12)6-10)8-1-2-9(11(16)3-8)5-17-14(21)22/h1-4,6-7,17H,5H2,(H,21,22). The maximum absolute atomic E-state index is 14.1. The van der Waals surface area contributed by atoms with Crippen molar-refractivity contribution in [1.82, 2.24) is 19.9 Å².